The van der Waals surface area contributed by atoms with Crippen molar-refractivity contribution in [1.29, 1.82) is 0 Å². The molecule has 0 atom stereocenters. The van der Waals surface area contributed by atoms with Crippen molar-refractivity contribution in [1.82, 2.24) is 24.8 Å². The van der Waals surface area contributed by atoms with E-state index in [4.69, 9.17) is 4.52 Å². The van der Waals surface area contributed by atoms with E-state index in [0.717, 1.165) is 17.7 Å². The summed E-state index contributed by atoms with van der Waals surface area (Å²) in [7, 11) is 1.91. The van der Waals surface area contributed by atoms with Crippen LogP contribution in [-0.2, 0) is 25.4 Å². The number of aryl methyl sites for hydroxylation is 2. The average molecular weight is 379 g/mol. The summed E-state index contributed by atoms with van der Waals surface area (Å²) in [6.07, 6.45) is 0.748. The molecule has 1 aromatic carbocycles. The van der Waals surface area contributed by atoms with Crippen LogP contribution in [0.25, 0.3) is 11.6 Å². The second-order valence-electron chi connectivity index (χ2n) is 8.35. The van der Waals surface area contributed by atoms with Crippen molar-refractivity contribution in [2.24, 2.45) is 7.05 Å². The highest BCUT2D eigenvalue weighted by Gasteiger charge is 2.29. The van der Waals surface area contributed by atoms with Gasteiger partial charge in [0.1, 0.15) is 0 Å². The highest BCUT2D eigenvalue weighted by Crippen LogP contribution is 2.30. The molecule has 0 unspecified atom stereocenters. The summed E-state index contributed by atoms with van der Waals surface area (Å²) >= 11 is 0. The number of nitrogens with zero attached hydrogens (tertiary/aromatic N) is 5. The predicted octanol–water partition coefficient (Wildman–Crippen LogP) is 3.27. The first-order valence-corrected chi connectivity index (χ1v) is 9.49. The topological polar surface area (TPSA) is 77.0 Å². The monoisotopic (exact) mass is 379 g/mol. The van der Waals surface area contributed by atoms with Gasteiger partial charge in [-0.25, -0.2) is 0 Å². The summed E-state index contributed by atoms with van der Waals surface area (Å²) in [5, 5.41) is 8.43. The van der Waals surface area contributed by atoms with Gasteiger partial charge in [-0.05, 0) is 30.0 Å². The number of hydrogen-bond acceptors (Lipinski definition) is 5. The summed E-state index contributed by atoms with van der Waals surface area (Å²) in [5.74, 6) is 0.998. The fraction of sp³-hybridized carbons (Fsp3) is 0.429. The van der Waals surface area contributed by atoms with Crippen LogP contribution in [-0.4, -0.2) is 37.3 Å². The lowest BCUT2D eigenvalue weighted by atomic mass is 9.86. The summed E-state index contributed by atoms with van der Waals surface area (Å²) < 4.78 is 7.17. The van der Waals surface area contributed by atoms with Crippen LogP contribution in [0.1, 0.15) is 53.8 Å². The third-order valence-electron chi connectivity index (χ3n) is 5.26. The second kappa shape index (κ2) is 6.58. The van der Waals surface area contributed by atoms with Gasteiger partial charge >= 0.3 is 0 Å². The minimum atomic E-state index is 0.0302. The van der Waals surface area contributed by atoms with Crippen LogP contribution < -0.4 is 0 Å². The Morgan fingerprint density at radius 1 is 1.18 bits per heavy atom. The van der Waals surface area contributed by atoms with E-state index in [2.05, 4.69) is 36.0 Å². The van der Waals surface area contributed by atoms with E-state index in [-0.39, 0.29) is 11.3 Å². The van der Waals surface area contributed by atoms with E-state index < -0.39 is 0 Å². The second-order valence-corrected chi connectivity index (χ2v) is 8.35. The molecule has 3 aromatic rings. The molecule has 1 aliphatic rings. The molecule has 0 N–H and O–H groups in total. The van der Waals surface area contributed by atoms with Crippen LogP contribution in [0.15, 0.2) is 28.8 Å². The number of benzene rings is 1. The number of carbonyl (C=O) groups excluding carboxylic acids is 1. The van der Waals surface area contributed by atoms with Gasteiger partial charge in [-0.3, -0.25) is 9.48 Å². The van der Waals surface area contributed by atoms with Crippen molar-refractivity contribution >= 4 is 5.91 Å². The predicted molar refractivity (Wildman–Crippen MR) is 105 cm³/mol. The van der Waals surface area contributed by atoms with Crippen LogP contribution in [0.2, 0.25) is 0 Å². The molecular weight excluding hydrogens is 354 g/mol. The Morgan fingerprint density at radius 3 is 2.50 bits per heavy atom. The van der Waals surface area contributed by atoms with Gasteiger partial charge in [-0.15, -0.1) is 0 Å². The van der Waals surface area contributed by atoms with Crippen LogP contribution in [0.4, 0.5) is 0 Å². The minimum absolute atomic E-state index is 0.0302. The molecule has 0 aliphatic carbocycles. The van der Waals surface area contributed by atoms with Crippen molar-refractivity contribution in [3.05, 3.63) is 52.5 Å². The first-order chi connectivity index (χ1) is 13.2. The maximum Gasteiger partial charge on any atom is 0.278 e. The molecule has 1 amide bonds. The highest BCUT2D eigenvalue weighted by atomic mass is 16.5. The van der Waals surface area contributed by atoms with Gasteiger partial charge in [0.2, 0.25) is 0 Å². The molecule has 7 heteroatoms. The third kappa shape index (κ3) is 3.21. The number of aromatic nitrogens is 4. The van der Waals surface area contributed by atoms with Gasteiger partial charge in [0, 0.05) is 36.8 Å². The lowest BCUT2D eigenvalue weighted by Crippen LogP contribution is -2.36. The molecular formula is C21H25N5O2. The zero-order valence-corrected chi connectivity index (χ0v) is 17.0. The van der Waals surface area contributed by atoms with E-state index in [9.17, 15) is 4.79 Å². The van der Waals surface area contributed by atoms with Gasteiger partial charge in [0.25, 0.3) is 11.8 Å². The Labute approximate surface area is 164 Å². The van der Waals surface area contributed by atoms with Crippen LogP contribution in [0.5, 0.6) is 0 Å². The van der Waals surface area contributed by atoms with Gasteiger partial charge in [-0.2, -0.15) is 10.1 Å². The van der Waals surface area contributed by atoms with Gasteiger partial charge < -0.3 is 9.42 Å². The minimum Gasteiger partial charge on any atom is -0.334 e. The van der Waals surface area contributed by atoms with Gasteiger partial charge in [0.15, 0.2) is 11.5 Å². The molecule has 7 nitrogen and oxygen atoms in total. The molecule has 0 saturated carbocycles. The molecule has 146 valence electrons. The Bertz CT molecular complexity index is 1020. The number of amides is 1. The smallest absolute Gasteiger partial charge is 0.278 e. The summed E-state index contributed by atoms with van der Waals surface area (Å²) in [6.45, 7) is 9.42. The fourth-order valence-electron chi connectivity index (χ4n) is 3.63. The molecule has 0 bridgehead atoms. The largest absolute Gasteiger partial charge is 0.334 e. The first kappa shape index (κ1) is 18.4. The number of carbonyl (C=O) groups is 1. The average Bonchev–Trinajstić information content (AvgIpc) is 3.23. The molecule has 1 aliphatic heterocycles. The van der Waals surface area contributed by atoms with Crippen molar-refractivity contribution < 1.29 is 9.32 Å². The molecule has 0 radical (unpaired) electrons. The van der Waals surface area contributed by atoms with Crippen molar-refractivity contribution in [3.8, 4) is 11.6 Å². The van der Waals surface area contributed by atoms with Gasteiger partial charge in [-0.1, -0.05) is 38.1 Å². The first-order valence-electron chi connectivity index (χ1n) is 9.49. The molecule has 4 rings (SSSR count). The fourth-order valence-corrected chi connectivity index (χ4v) is 3.63. The van der Waals surface area contributed by atoms with Crippen LogP contribution in [0.3, 0.4) is 0 Å². The SMILES string of the molecule is Cc1noc(-c2nn(C)c3c2CN(C(=O)c2ccc(C(C)(C)C)cc2)CC3)n1. The van der Waals surface area contributed by atoms with Crippen molar-refractivity contribution in [2.75, 3.05) is 6.54 Å². The zero-order chi connectivity index (χ0) is 20.1. The Kier molecular flexibility index (Phi) is 4.33. The molecule has 2 aromatic heterocycles. The third-order valence-corrected chi connectivity index (χ3v) is 5.26. The standard InChI is InChI=1S/C21H25N5O2/c1-13-22-19(28-24-13)18-16-12-26(11-10-17(16)25(5)23-18)20(27)14-6-8-15(9-7-14)21(2,3)4/h6-9H,10-12H2,1-5H3. The Morgan fingerprint density at radius 2 is 1.89 bits per heavy atom. The number of fused-ring (bicyclic) bond motifs is 1. The lowest BCUT2D eigenvalue weighted by Gasteiger charge is -2.28. The maximum absolute atomic E-state index is 13.1. The summed E-state index contributed by atoms with van der Waals surface area (Å²) in [5.41, 5.74) is 4.74. The van der Waals surface area contributed by atoms with E-state index in [1.54, 1.807) is 6.92 Å². The molecule has 0 saturated heterocycles. The van der Waals surface area contributed by atoms with Crippen molar-refractivity contribution in [2.45, 2.75) is 46.1 Å². The number of rotatable bonds is 2. The maximum atomic E-state index is 13.1. The van der Waals surface area contributed by atoms with E-state index in [0.29, 0.717) is 36.1 Å². The lowest BCUT2D eigenvalue weighted by molar-refractivity contribution is 0.0733. The molecule has 3 heterocycles. The molecule has 28 heavy (non-hydrogen) atoms. The van der Waals surface area contributed by atoms with Crippen LogP contribution >= 0.6 is 0 Å². The van der Waals surface area contributed by atoms with E-state index >= 15 is 0 Å². The Balaban J connectivity index is 1.61. The zero-order valence-electron chi connectivity index (χ0n) is 17.0. The van der Waals surface area contributed by atoms with Gasteiger partial charge in [0.05, 0.1) is 6.54 Å². The van der Waals surface area contributed by atoms with Crippen LogP contribution in [0, 0.1) is 6.92 Å². The molecule has 0 fully saturated rings. The number of hydrogen-bond donors (Lipinski definition) is 0. The summed E-state index contributed by atoms with van der Waals surface area (Å²) in [6, 6.07) is 7.92. The van der Waals surface area contributed by atoms with Crippen molar-refractivity contribution in [3.63, 3.8) is 0 Å². The quantitative estimate of drug-likeness (QED) is 0.683. The highest BCUT2D eigenvalue weighted by molar-refractivity contribution is 5.94. The summed E-state index contributed by atoms with van der Waals surface area (Å²) in [4.78, 5) is 19.2. The normalized spacial score (nSPS) is 14.2. The molecule has 0 spiro atoms. The Hall–Kier alpha value is -2.96. The van der Waals surface area contributed by atoms with E-state index in [1.165, 1.54) is 5.56 Å². The van der Waals surface area contributed by atoms with E-state index in [1.807, 2.05) is 40.9 Å².